The SMILES string of the molecule is C=S(=O)(NC(=O)NCc1ccccc1)c1ccc(N)cc1. The molecule has 0 saturated carbocycles. The Bertz CT molecular complexity index is 710. The Labute approximate surface area is 124 Å². The Hall–Kier alpha value is -2.47. The number of nitrogen functional groups attached to an aromatic ring is 1. The molecule has 2 aromatic carbocycles. The van der Waals surface area contributed by atoms with Gasteiger partial charge in [0.15, 0.2) is 0 Å². The monoisotopic (exact) mass is 303 g/mol. The fourth-order valence-corrected chi connectivity index (χ4v) is 2.78. The molecule has 4 N–H and O–H groups in total. The molecular formula is C15H17N3O2S. The minimum atomic E-state index is -2.90. The molecule has 0 heterocycles. The van der Waals surface area contributed by atoms with Gasteiger partial charge in [0, 0.05) is 17.1 Å². The van der Waals surface area contributed by atoms with Crippen LogP contribution in [0.25, 0.3) is 0 Å². The third-order valence-corrected chi connectivity index (χ3v) is 4.36. The van der Waals surface area contributed by atoms with Crippen molar-refractivity contribution in [2.24, 2.45) is 0 Å². The van der Waals surface area contributed by atoms with Crippen LogP contribution in [0.2, 0.25) is 0 Å². The van der Waals surface area contributed by atoms with Crippen molar-refractivity contribution in [1.82, 2.24) is 10.0 Å². The first-order chi connectivity index (χ1) is 9.97. The van der Waals surface area contributed by atoms with E-state index in [4.69, 9.17) is 5.73 Å². The van der Waals surface area contributed by atoms with E-state index in [9.17, 15) is 9.00 Å². The number of nitrogens with two attached hydrogens (primary N) is 1. The Kier molecular flexibility index (Phi) is 4.49. The molecule has 0 aromatic heterocycles. The number of rotatable bonds is 4. The molecule has 6 heteroatoms. The standard InChI is InChI=1S/C15H17N3O2S/c1-21(20,14-9-7-13(16)8-10-14)18-15(19)17-11-12-5-3-2-4-6-12/h2-10H,1,11,16H2,(H2,17,18,19,20). The lowest BCUT2D eigenvalue weighted by Crippen LogP contribution is -2.38. The van der Waals surface area contributed by atoms with E-state index in [2.05, 4.69) is 15.9 Å². The van der Waals surface area contributed by atoms with E-state index in [-0.39, 0.29) is 0 Å². The van der Waals surface area contributed by atoms with Gasteiger partial charge in [-0.2, -0.15) is 0 Å². The molecule has 0 spiro atoms. The molecule has 21 heavy (non-hydrogen) atoms. The maximum absolute atomic E-state index is 12.4. The number of nitrogens with one attached hydrogen (secondary N) is 2. The number of hydrogen-bond acceptors (Lipinski definition) is 3. The Morgan fingerprint density at radius 3 is 2.33 bits per heavy atom. The van der Waals surface area contributed by atoms with Gasteiger partial charge in [-0.05, 0) is 35.7 Å². The highest BCUT2D eigenvalue weighted by Crippen LogP contribution is 2.11. The van der Waals surface area contributed by atoms with E-state index < -0.39 is 15.7 Å². The van der Waals surface area contributed by atoms with Gasteiger partial charge in [-0.1, -0.05) is 30.3 Å². The van der Waals surface area contributed by atoms with E-state index >= 15 is 0 Å². The molecular weight excluding hydrogens is 286 g/mol. The highest BCUT2D eigenvalue weighted by atomic mass is 32.2. The molecule has 0 bridgehead atoms. The lowest BCUT2D eigenvalue weighted by Gasteiger charge is -2.12. The quantitative estimate of drug-likeness (QED) is 0.594. The third-order valence-electron chi connectivity index (χ3n) is 2.81. The van der Waals surface area contributed by atoms with Crippen LogP contribution in [0.1, 0.15) is 5.56 Å². The topological polar surface area (TPSA) is 84.2 Å². The zero-order valence-corrected chi connectivity index (χ0v) is 12.2. The number of benzene rings is 2. The molecule has 0 saturated heterocycles. The number of urea groups is 1. The van der Waals surface area contributed by atoms with E-state index in [1.807, 2.05) is 30.3 Å². The van der Waals surface area contributed by atoms with E-state index in [1.165, 1.54) is 0 Å². The Balaban J connectivity index is 1.97. The summed E-state index contributed by atoms with van der Waals surface area (Å²) < 4.78 is 14.8. The van der Waals surface area contributed by atoms with E-state index in [1.54, 1.807) is 24.3 Å². The van der Waals surface area contributed by atoms with Crippen LogP contribution in [0, 0.1) is 0 Å². The summed E-state index contributed by atoms with van der Waals surface area (Å²) in [5.41, 5.74) is 7.08. The first-order valence-corrected chi connectivity index (χ1v) is 8.02. The highest BCUT2D eigenvalue weighted by Gasteiger charge is 2.11. The van der Waals surface area contributed by atoms with Crippen LogP contribution in [0.3, 0.4) is 0 Å². The zero-order chi connectivity index (χ0) is 15.3. The van der Waals surface area contributed by atoms with Crippen molar-refractivity contribution in [2.75, 3.05) is 5.73 Å². The normalized spacial score (nSPS) is 13.1. The van der Waals surface area contributed by atoms with Crippen LogP contribution in [-0.2, 0) is 16.3 Å². The second-order valence-corrected chi connectivity index (χ2v) is 6.54. The molecule has 2 rings (SSSR count). The Morgan fingerprint density at radius 2 is 1.71 bits per heavy atom. The van der Waals surface area contributed by atoms with Crippen LogP contribution in [0.4, 0.5) is 10.5 Å². The summed E-state index contributed by atoms with van der Waals surface area (Å²) in [6.45, 7) is 0.351. The molecule has 2 aromatic rings. The van der Waals surface area contributed by atoms with Gasteiger partial charge in [0.2, 0.25) is 0 Å². The molecule has 1 atom stereocenters. The van der Waals surface area contributed by atoms with Gasteiger partial charge in [0.25, 0.3) is 0 Å². The van der Waals surface area contributed by atoms with E-state index in [0.29, 0.717) is 17.1 Å². The van der Waals surface area contributed by atoms with Gasteiger partial charge in [0.05, 0.1) is 9.71 Å². The third kappa shape index (κ3) is 4.25. The van der Waals surface area contributed by atoms with Crippen LogP contribution >= 0.6 is 0 Å². The Morgan fingerprint density at radius 1 is 1.10 bits per heavy atom. The second kappa shape index (κ2) is 6.32. The van der Waals surface area contributed by atoms with Crippen LogP contribution in [0.5, 0.6) is 0 Å². The predicted molar refractivity (Wildman–Crippen MR) is 86.2 cm³/mol. The van der Waals surface area contributed by atoms with Gasteiger partial charge in [0.1, 0.15) is 0 Å². The summed E-state index contributed by atoms with van der Waals surface area (Å²) in [6.07, 6.45) is 0. The fraction of sp³-hybridized carbons (Fsp3) is 0.0667. The van der Waals surface area contributed by atoms with Crippen LogP contribution in [-0.4, -0.2) is 16.1 Å². The molecule has 0 aliphatic heterocycles. The van der Waals surface area contributed by atoms with Gasteiger partial charge < -0.3 is 11.1 Å². The van der Waals surface area contributed by atoms with Crippen molar-refractivity contribution >= 4 is 27.3 Å². The van der Waals surface area contributed by atoms with Gasteiger partial charge in [-0.3, -0.25) is 4.72 Å². The summed E-state index contributed by atoms with van der Waals surface area (Å²) in [6, 6.07) is 15.3. The lowest BCUT2D eigenvalue weighted by atomic mass is 10.2. The van der Waals surface area contributed by atoms with Crippen molar-refractivity contribution in [1.29, 1.82) is 0 Å². The van der Waals surface area contributed by atoms with Crippen molar-refractivity contribution in [3.8, 4) is 0 Å². The summed E-state index contributed by atoms with van der Waals surface area (Å²) in [7, 11) is -2.90. The van der Waals surface area contributed by atoms with Crippen LogP contribution < -0.4 is 15.8 Å². The second-order valence-electron chi connectivity index (χ2n) is 4.51. The first-order valence-electron chi connectivity index (χ1n) is 6.30. The maximum atomic E-state index is 12.4. The van der Waals surface area contributed by atoms with Gasteiger partial charge in [-0.25, -0.2) is 9.00 Å². The number of anilines is 1. The van der Waals surface area contributed by atoms with Crippen LogP contribution in [0.15, 0.2) is 59.5 Å². The zero-order valence-electron chi connectivity index (χ0n) is 11.4. The summed E-state index contributed by atoms with van der Waals surface area (Å²) >= 11 is 0. The molecule has 110 valence electrons. The average Bonchev–Trinajstić information content (AvgIpc) is 2.46. The minimum absolute atomic E-state index is 0.351. The average molecular weight is 303 g/mol. The number of carbonyl (C=O) groups is 1. The lowest BCUT2D eigenvalue weighted by molar-refractivity contribution is 0.246. The first kappa shape index (κ1) is 14.9. The molecule has 5 nitrogen and oxygen atoms in total. The molecule has 1 unspecified atom stereocenters. The molecule has 2 amide bonds. The number of carbonyl (C=O) groups excluding carboxylic acids is 1. The summed E-state index contributed by atoms with van der Waals surface area (Å²) in [4.78, 5) is 12.2. The van der Waals surface area contributed by atoms with E-state index in [0.717, 1.165) is 5.56 Å². The van der Waals surface area contributed by atoms with Gasteiger partial charge in [-0.15, -0.1) is 0 Å². The van der Waals surface area contributed by atoms with Crippen molar-refractivity contribution in [3.63, 3.8) is 0 Å². The fourth-order valence-electron chi connectivity index (χ4n) is 1.71. The summed E-state index contributed by atoms with van der Waals surface area (Å²) in [5.74, 6) is 3.58. The largest absolute Gasteiger partial charge is 0.399 e. The van der Waals surface area contributed by atoms with Crippen molar-refractivity contribution < 1.29 is 9.00 Å². The number of amides is 2. The molecule has 0 aliphatic rings. The van der Waals surface area contributed by atoms with Crippen molar-refractivity contribution in [3.05, 3.63) is 60.2 Å². The predicted octanol–water partition coefficient (Wildman–Crippen LogP) is 1.76. The van der Waals surface area contributed by atoms with Gasteiger partial charge >= 0.3 is 6.03 Å². The minimum Gasteiger partial charge on any atom is -0.399 e. The van der Waals surface area contributed by atoms with Crippen molar-refractivity contribution in [2.45, 2.75) is 11.4 Å². The smallest absolute Gasteiger partial charge is 0.326 e. The summed E-state index contributed by atoms with van der Waals surface area (Å²) in [5, 5.41) is 2.64. The number of hydrogen-bond donors (Lipinski definition) is 3. The highest BCUT2D eigenvalue weighted by molar-refractivity contribution is 7.99. The molecule has 0 fully saturated rings. The maximum Gasteiger partial charge on any atom is 0.326 e. The molecule has 0 radical (unpaired) electrons. The molecule has 0 aliphatic carbocycles.